The fourth-order valence-electron chi connectivity index (χ4n) is 5.45. The number of aromatic amines is 1. The van der Waals surface area contributed by atoms with Gasteiger partial charge in [0.25, 0.3) is 5.91 Å². The predicted octanol–water partition coefficient (Wildman–Crippen LogP) is 2.60. The molecular weight excluding hydrogens is 456 g/mol. The van der Waals surface area contributed by atoms with Crippen LogP contribution in [0.4, 0.5) is 5.82 Å². The highest BCUT2D eigenvalue weighted by Gasteiger charge is 2.38. The van der Waals surface area contributed by atoms with Crippen LogP contribution in [0.1, 0.15) is 28.0 Å². The molecule has 0 saturated carbocycles. The Kier molecular flexibility index (Phi) is 4.58. The molecule has 1 fully saturated rings. The van der Waals surface area contributed by atoms with Gasteiger partial charge in [-0.15, -0.1) is 0 Å². The zero-order valence-corrected chi connectivity index (χ0v) is 19.7. The van der Waals surface area contributed by atoms with Gasteiger partial charge in [-0.05, 0) is 37.6 Å². The zero-order valence-electron chi connectivity index (χ0n) is 19.7. The first-order chi connectivity index (χ1) is 17.5. The molecule has 0 radical (unpaired) electrons. The van der Waals surface area contributed by atoms with E-state index in [4.69, 9.17) is 0 Å². The van der Waals surface area contributed by atoms with Crippen LogP contribution in [0.2, 0.25) is 0 Å². The number of aromatic nitrogens is 6. The smallest absolute Gasteiger partial charge is 0.255 e. The number of hydrogen-bond donors (Lipinski definition) is 2. The number of aliphatic hydroxyl groups is 1. The number of pyridine rings is 2. The van der Waals surface area contributed by atoms with Crippen molar-refractivity contribution in [3.63, 3.8) is 0 Å². The van der Waals surface area contributed by atoms with E-state index in [0.717, 1.165) is 33.5 Å². The molecule has 4 aromatic heterocycles. The maximum Gasteiger partial charge on any atom is 0.255 e. The summed E-state index contributed by atoms with van der Waals surface area (Å²) in [6.45, 7) is 3.41. The number of para-hydroxylation sites is 2. The number of aliphatic hydroxyl groups excluding tert-OH is 1. The quantitative estimate of drug-likeness (QED) is 0.399. The summed E-state index contributed by atoms with van der Waals surface area (Å²) in [4.78, 5) is 34.8. The summed E-state index contributed by atoms with van der Waals surface area (Å²) < 4.78 is 1.69. The monoisotopic (exact) mass is 480 g/mol. The Morgan fingerprint density at radius 3 is 2.92 bits per heavy atom. The molecule has 6 heterocycles. The number of rotatable bonds is 2. The Bertz CT molecular complexity index is 1610. The van der Waals surface area contributed by atoms with Gasteiger partial charge in [-0.2, -0.15) is 9.78 Å². The van der Waals surface area contributed by atoms with Gasteiger partial charge in [-0.1, -0.05) is 18.2 Å². The van der Waals surface area contributed by atoms with Crippen LogP contribution in [0.25, 0.3) is 28.0 Å². The van der Waals surface area contributed by atoms with E-state index in [1.165, 1.54) is 0 Å². The number of imidazole rings is 1. The number of carbonyl (C=O) groups excluding carboxylic acids is 1. The molecule has 2 aliphatic heterocycles. The summed E-state index contributed by atoms with van der Waals surface area (Å²) in [7, 11) is 0. The maximum absolute atomic E-state index is 13.7. The second-order valence-corrected chi connectivity index (χ2v) is 9.54. The number of amides is 1. The van der Waals surface area contributed by atoms with Crippen LogP contribution in [-0.2, 0) is 6.54 Å². The van der Waals surface area contributed by atoms with Gasteiger partial charge >= 0.3 is 0 Å². The van der Waals surface area contributed by atoms with Gasteiger partial charge < -0.3 is 19.9 Å². The van der Waals surface area contributed by atoms with Crippen LogP contribution in [0.3, 0.4) is 0 Å². The lowest BCUT2D eigenvalue weighted by atomic mass is 10.1. The lowest BCUT2D eigenvalue weighted by Crippen LogP contribution is -2.40. The van der Waals surface area contributed by atoms with Gasteiger partial charge in [-0.3, -0.25) is 4.79 Å². The first-order valence-corrected chi connectivity index (χ1v) is 12.0. The number of aryl methyl sites for hydroxylation is 1. The van der Waals surface area contributed by atoms with Gasteiger partial charge in [-0.25, -0.2) is 15.0 Å². The molecule has 1 amide bonds. The molecule has 0 aliphatic carbocycles. The first-order valence-electron chi connectivity index (χ1n) is 12.0. The van der Waals surface area contributed by atoms with Crippen LogP contribution in [0.15, 0.2) is 54.9 Å². The summed E-state index contributed by atoms with van der Waals surface area (Å²) in [6, 6.07) is 13.6. The molecule has 180 valence electrons. The van der Waals surface area contributed by atoms with E-state index < -0.39 is 6.10 Å². The maximum atomic E-state index is 13.7. The van der Waals surface area contributed by atoms with Crippen LogP contribution in [-0.4, -0.2) is 70.9 Å². The van der Waals surface area contributed by atoms with Crippen molar-refractivity contribution < 1.29 is 9.90 Å². The zero-order chi connectivity index (χ0) is 24.4. The molecule has 36 heavy (non-hydrogen) atoms. The standard InChI is InChI=1S/C26H24N8O2/c1-15-20-9-17(11-28-24(20)34(31-15)26-29-21-6-2-3-7-22(21)30-26)25(36)32-12-16-5-4-8-27-23(16)33-14-19(35)10-18(33)13-32/h2-9,11,18-19,35H,10,12-14H2,1H3,(H,29,30)/t18-,19+/m0/s1. The summed E-state index contributed by atoms with van der Waals surface area (Å²) in [6.07, 6.45) is 3.56. The molecule has 1 saturated heterocycles. The third-order valence-electron chi connectivity index (χ3n) is 7.14. The van der Waals surface area contributed by atoms with Crippen LogP contribution >= 0.6 is 0 Å². The second kappa shape index (κ2) is 7.85. The molecule has 0 unspecified atom stereocenters. The van der Waals surface area contributed by atoms with Gasteiger partial charge in [0.15, 0.2) is 5.65 Å². The average molecular weight is 481 g/mol. The molecule has 0 bridgehead atoms. The summed E-state index contributed by atoms with van der Waals surface area (Å²) in [5.74, 6) is 1.33. The Balaban J connectivity index is 1.25. The summed E-state index contributed by atoms with van der Waals surface area (Å²) in [5, 5.41) is 15.8. The molecule has 2 atom stereocenters. The molecule has 1 aromatic carbocycles. The minimum absolute atomic E-state index is 0.0226. The Morgan fingerprint density at radius 1 is 1.14 bits per heavy atom. The fraction of sp³-hybridized carbons (Fsp3) is 0.269. The van der Waals surface area contributed by atoms with Crippen molar-refractivity contribution in [2.75, 3.05) is 18.0 Å². The van der Waals surface area contributed by atoms with E-state index in [1.807, 2.05) is 54.3 Å². The number of nitrogens with zero attached hydrogens (tertiary/aromatic N) is 7. The topological polar surface area (TPSA) is 116 Å². The summed E-state index contributed by atoms with van der Waals surface area (Å²) >= 11 is 0. The fourth-order valence-corrected chi connectivity index (χ4v) is 5.45. The summed E-state index contributed by atoms with van der Waals surface area (Å²) in [5.41, 5.74) is 4.66. The lowest BCUT2D eigenvalue weighted by molar-refractivity contribution is 0.0733. The molecule has 2 aliphatic rings. The number of fused-ring (bicyclic) bond motifs is 5. The molecule has 0 spiro atoms. The van der Waals surface area contributed by atoms with Gasteiger partial charge in [0, 0.05) is 43.0 Å². The molecule has 7 rings (SSSR count). The minimum Gasteiger partial charge on any atom is -0.391 e. The Hall–Kier alpha value is -4.31. The number of anilines is 1. The van der Waals surface area contributed by atoms with E-state index in [0.29, 0.717) is 43.2 Å². The highest BCUT2D eigenvalue weighted by molar-refractivity contribution is 5.97. The van der Waals surface area contributed by atoms with Crippen molar-refractivity contribution in [2.24, 2.45) is 0 Å². The van der Waals surface area contributed by atoms with Crippen molar-refractivity contribution in [3.8, 4) is 5.95 Å². The van der Waals surface area contributed by atoms with E-state index in [2.05, 4.69) is 29.9 Å². The highest BCUT2D eigenvalue weighted by Crippen LogP contribution is 2.32. The number of hydrogen-bond acceptors (Lipinski definition) is 7. The number of nitrogens with one attached hydrogen (secondary N) is 1. The highest BCUT2D eigenvalue weighted by atomic mass is 16.3. The van der Waals surface area contributed by atoms with E-state index in [-0.39, 0.29) is 11.9 Å². The van der Waals surface area contributed by atoms with Crippen molar-refractivity contribution in [2.45, 2.75) is 32.0 Å². The third kappa shape index (κ3) is 3.25. The van der Waals surface area contributed by atoms with Gasteiger partial charge in [0.05, 0.1) is 34.4 Å². The van der Waals surface area contributed by atoms with Crippen LogP contribution in [0, 0.1) is 6.92 Å². The molecule has 5 aromatic rings. The molecule has 10 heteroatoms. The van der Waals surface area contributed by atoms with Crippen molar-refractivity contribution >= 4 is 33.8 Å². The van der Waals surface area contributed by atoms with Crippen molar-refractivity contribution in [1.29, 1.82) is 0 Å². The molecule has 2 N–H and O–H groups in total. The first kappa shape index (κ1) is 21.0. The predicted molar refractivity (Wildman–Crippen MR) is 134 cm³/mol. The SMILES string of the molecule is Cc1nn(-c2nc3ccccc3[nH]2)c2ncc(C(=O)N3Cc4cccnc4N4C[C@H](O)C[C@H]4C3)cc12. The van der Waals surface area contributed by atoms with E-state index >= 15 is 0 Å². The van der Waals surface area contributed by atoms with Crippen LogP contribution < -0.4 is 4.90 Å². The molecule has 10 nitrogen and oxygen atoms in total. The largest absolute Gasteiger partial charge is 0.391 e. The lowest BCUT2D eigenvalue weighted by Gasteiger charge is -2.26. The van der Waals surface area contributed by atoms with Gasteiger partial charge in [0.1, 0.15) is 5.82 Å². The van der Waals surface area contributed by atoms with Crippen molar-refractivity contribution in [3.05, 3.63) is 71.7 Å². The minimum atomic E-state index is -0.426. The number of benzene rings is 1. The Morgan fingerprint density at radius 2 is 2.03 bits per heavy atom. The molecular formula is C26H24N8O2. The van der Waals surface area contributed by atoms with Gasteiger partial charge in [0.2, 0.25) is 5.95 Å². The van der Waals surface area contributed by atoms with Crippen LogP contribution in [0.5, 0.6) is 0 Å². The third-order valence-corrected chi connectivity index (χ3v) is 7.14. The second-order valence-electron chi connectivity index (χ2n) is 9.54. The van der Waals surface area contributed by atoms with E-state index in [1.54, 1.807) is 17.1 Å². The normalized spacial score (nSPS) is 19.5. The number of carbonyl (C=O) groups is 1. The van der Waals surface area contributed by atoms with Crippen molar-refractivity contribution in [1.82, 2.24) is 34.6 Å². The number of H-pyrrole nitrogens is 1. The average Bonchev–Trinajstić information content (AvgIpc) is 3.55. The Labute approximate surface area is 206 Å². The van der Waals surface area contributed by atoms with E-state index in [9.17, 15) is 9.90 Å².